The SMILES string of the molecule is CC1CCC(CNCC2(O)CCCC2)C1. The van der Waals surface area contributed by atoms with E-state index in [1.54, 1.807) is 0 Å². The first-order chi connectivity index (χ1) is 7.18. The zero-order chi connectivity index (χ0) is 10.7. The molecule has 0 saturated heterocycles. The van der Waals surface area contributed by atoms with Gasteiger partial charge in [-0.05, 0) is 44.1 Å². The predicted octanol–water partition coefficient (Wildman–Crippen LogP) is 2.32. The second-order valence-electron chi connectivity index (χ2n) is 5.85. The molecule has 2 heteroatoms. The molecule has 2 unspecified atom stereocenters. The van der Waals surface area contributed by atoms with Gasteiger partial charge in [0.15, 0.2) is 0 Å². The monoisotopic (exact) mass is 211 g/mol. The highest BCUT2D eigenvalue weighted by Crippen LogP contribution is 2.31. The zero-order valence-electron chi connectivity index (χ0n) is 9.97. The number of nitrogens with one attached hydrogen (secondary N) is 1. The standard InChI is InChI=1S/C13H25NO/c1-11-4-5-12(8-11)9-14-10-13(15)6-2-3-7-13/h11-12,14-15H,2-10H2,1H3. The summed E-state index contributed by atoms with van der Waals surface area (Å²) < 4.78 is 0. The predicted molar refractivity (Wildman–Crippen MR) is 62.8 cm³/mol. The second-order valence-corrected chi connectivity index (χ2v) is 5.85. The van der Waals surface area contributed by atoms with E-state index in [1.807, 2.05) is 0 Å². The van der Waals surface area contributed by atoms with Gasteiger partial charge in [-0.25, -0.2) is 0 Å². The topological polar surface area (TPSA) is 32.3 Å². The smallest absolute Gasteiger partial charge is 0.0771 e. The van der Waals surface area contributed by atoms with Gasteiger partial charge in [-0.15, -0.1) is 0 Å². The van der Waals surface area contributed by atoms with E-state index in [4.69, 9.17) is 0 Å². The largest absolute Gasteiger partial charge is 0.389 e. The molecule has 2 aliphatic rings. The summed E-state index contributed by atoms with van der Waals surface area (Å²) >= 11 is 0. The van der Waals surface area contributed by atoms with E-state index in [-0.39, 0.29) is 5.60 Å². The minimum atomic E-state index is -0.371. The van der Waals surface area contributed by atoms with Crippen LogP contribution in [0.3, 0.4) is 0 Å². The Hall–Kier alpha value is -0.0800. The molecule has 2 rings (SSSR count). The lowest BCUT2D eigenvalue weighted by atomic mass is 10.0. The van der Waals surface area contributed by atoms with Crippen molar-refractivity contribution in [1.29, 1.82) is 0 Å². The highest BCUT2D eigenvalue weighted by Gasteiger charge is 2.31. The van der Waals surface area contributed by atoms with Crippen LogP contribution >= 0.6 is 0 Å². The van der Waals surface area contributed by atoms with E-state index in [9.17, 15) is 5.11 Å². The first-order valence-corrected chi connectivity index (χ1v) is 6.61. The maximum absolute atomic E-state index is 10.2. The van der Waals surface area contributed by atoms with Gasteiger partial charge in [-0.1, -0.05) is 26.2 Å². The van der Waals surface area contributed by atoms with Crippen molar-refractivity contribution < 1.29 is 5.11 Å². The van der Waals surface area contributed by atoms with Crippen LogP contribution in [0.1, 0.15) is 51.9 Å². The molecule has 15 heavy (non-hydrogen) atoms. The Morgan fingerprint density at radius 1 is 1.27 bits per heavy atom. The molecule has 0 amide bonds. The van der Waals surface area contributed by atoms with Gasteiger partial charge in [0.25, 0.3) is 0 Å². The molecule has 0 spiro atoms. The van der Waals surface area contributed by atoms with Gasteiger partial charge in [0.2, 0.25) is 0 Å². The van der Waals surface area contributed by atoms with Crippen molar-refractivity contribution in [3.63, 3.8) is 0 Å². The summed E-state index contributed by atoms with van der Waals surface area (Å²) in [5.41, 5.74) is -0.371. The fourth-order valence-corrected chi connectivity index (χ4v) is 3.23. The number of hydrogen-bond donors (Lipinski definition) is 2. The Morgan fingerprint density at radius 3 is 2.60 bits per heavy atom. The molecule has 0 radical (unpaired) electrons. The van der Waals surface area contributed by atoms with E-state index in [0.717, 1.165) is 37.8 Å². The molecule has 2 aliphatic carbocycles. The van der Waals surface area contributed by atoms with Crippen LogP contribution in [0.5, 0.6) is 0 Å². The van der Waals surface area contributed by atoms with Crippen LogP contribution in [0.2, 0.25) is 0 Å². The third kappa shape index (κ3) is 3.18. The maximum atomic E-state index is 10.2. The Kier molecular flexibility index (Phi) is 3.68. The molecule has 2 nitrogen and oxygen atoms in total. The lowest BCUT2D eigenvalue weighted by Crippen LogP contribution is -2.39. The molecule has 0 aliphatic heterocycles. The summed E-state index contributed by atoms with van der Waals surface area (Å²) in [7, 11) is 0. The van der Waals surface area contributed by atoms with Crippen LogP contribution in [-0.2, 0) is 0 Å². The summed E-state index contributed by atoms with van der Waals surface area (Å²) in [6.45, 7) is 4.29. The van der Waals surface area contributed by atoms with E-state index in [1.165, 1.54) is 32.1 Å². The van der Waals surface area contributed by atoms with E-state index < -0.39 is 0 Å². The summed E-state index contributed by atoms with van der Waals surface area (Å²) in [4.78, 5) is 0. The van der Waals surface area contributed by atoms with E-state index in [0.29, 0.717) is 0 Å². The summed E-state index contributed by atoms with van der Waals surface area (Å²) in [5, 5.41) is 13.6. The first-order valence-electron chi connectivity index (χ1n) is 6.61. The lowest BCUT2D eigenvalue weighted by molar-refractivity contribution is 0.0469. The average molecular weight is 211 g/mol. The average Bonchev–Trinajstić information content (AvgIpc) is 2.76. The van der Waals surface area contributed by atoms with Gasteiger partial charge in [-0.2, -0.15) is 0 Å². The third-order valence-electron chi connectivity index (χ3n) is 4.22. The van der Waals surface area contributed by atoms with Crippen molar-refractivity contribution in [2.45, 2.75) is 57.5 Å². The number of aliphatic hydroxyl groups is 1. The zero-order valence-corrected chi connectivity index (χ0v) is 9.97. The summed E-state index contributed by atoms with van der Waals surface area (Å²) in [5.74, 6) is 1.79. The first kappa shape index (κ1) is 11.4. The van der Waals surface area contributed by atoms with Crippen LogP contribution < -0.4 is 5.32 Å². The normalized spacial score (nSPS) is 34.8. The number of rotatable bonds is 4. The molecule has 2 saturated carbocycles. The molecule has 0 heterocycles. The highest BCUT2D eigenvalue weighted by molar-refractivity contribution is 4.86. The molecule has 0 aromatic carbocycles. The van der Waals surface area contributed by atoms with Crippen LogP contribution in [0.15, 0.2) is 0 Å². The third-order valence-corrected chi connectivity index (χ3v) is 4.22. The molecule has 0 aromatic heterocycles. The summed E-state index contributed by atoms with van der Waals surface area (Å²) in [6.07, 6.45) is 8.58. The molecular weight excluding hydrogens is 186 g/mol. The van der Waals surface area contributed by atoms with Crippen LogP contribution in [0, 0.1) is 11.8 Å². The molecule has 2 atom stereocenters. The van der Waals surface area contributed by atoms with Crippen LogP contribution in [-0.4, -0.2) is 23.8 Å². The fraction of sp³-hybridized carbons (Fsp3) is 1.00. The fourth-order valence-electron chi connectivity index (χ4n) is 3.23. The Bertz CT molecular complexity index is 199. The Balaban J connectivity index is 1.62. The van der Waals surface area contributed by atoms with Gasteiger partial charge in [0.05, 0.1) is 5.60 Å². The molecule has 88 valence electrons. The second kappa shape index (κ2) is 4.84. The van der Waals surface area contributed by atoms with E-state index in [2.05, 4.69) is 12.2 Å². The van der Waals surface area contributed by atoms with Gasteiger partial charge in [0.1, 0.15) is 0 Å². The lowest BCUT2D eigenvalue weighted by Gasteiger charge is -2.23. The minimum absolute atomic E-state index is 0.371. The summed E-state index contributed by atoms with van der Waals surface area (Å²) in [6, 6.07) is 0. The van der Waals surface area contributed by atoms with Crippen molar-refractivity contribution >= 4 is 0 Å². The Labute approximate surface area is 93.5 Å². The van der Waals surface area contributed by atoms with Crippen molar-refractivity contribution in [2.75, 3.05) is 13.1 Å². The molecule has 2 fully saturated rings. The van der Waals surface area contributed by atoms with E-state index >= 15 is 0 Å². The maximum Gasteiger partial charge on any atom is 0.0771 e. The number of hydrogen-bond acceptors (Lipinski definition) is 2. The van der Waals surface area contributed by atoms with Gasteiger partial charge < -0.3 is 10.4 Å². The van der Waals surface area contributed by atoms with Crippen molar-refractivity contribution in [2.24, 2.45) is 11.8 Å². The van der Waals surface area contributed by atoms with Gasteiger partial charge >= 0.3 is 0 Å². The van der Waals surface area contributed by atoms with Crippen molar-refractivity contribution in [3.8, 4) is 0 Å². The molecule has 0 bridgehead atoms. The quantitative estimate of drug-likeness (QED) is 0.748. The highest BCUT2D eigenvalue weighted by atomic mass is 16.3. The molecular formula is C13H25NO. The van der Waals surface area contributed by atoms with Crippen LogP contribution in [0.4, 0.5) is 0 Å². The molecule has 2 N–H and O–H groups in total. The molecule has 0 aromatic rings. The van der Waals surface area contributed by atoms with Crippen LogP contribution in [0.25, 0.3) is 0 Å². The van der Waals surface area contributed by atoms with Gasteiger partial charge in [-0.3, -0.25) is 0 Å². The minimum Gasteiger partial charge on any atom is -0.389 e. The van der Waals surface area contributed by atoms with Gasteiger partial charge in [0, 0.05) is 6.54 Å². The van der Waals surface area contributed by atoms with Crippen molar-refractivity contribution in [1.82, 2.24) is 5.32 Å². The van der Waals surface area contributed by atoms with Crippen molar-refractivity contribution in [3.05, 3.63) is 0 Å². The Morgan fingerprint density at radius 2 is 2.00 bits per heavy atom.